The third-order valence-electron chi connectivity index (χ3n) is 3.66. The van der Waals surface area contributed by atoms with Gasteiger partial charge in [-0.15, -0.1) is 0 Å². The van der Waals surface area contributed by atoms with Gasteiger partial charge in [-0.25, -0.2) is 0 Å². The van der Waals surface area contributed by atoms with Gasteiger partial charge in [0.15, 0.2) is 11.5 Å². The Balaban J connectivity index is 2.36. The molecule has 1 N–H and O–H groups in total. The number of halogens is 1. The number of non-ortho nitro benzene ring substituents is 1. The van der Waals surface area contributed by atoms with E-state index in [0.717, 1.165) is 6.42 Å². The van der Waals surface area contributed by atoms with Crippen LogP contribution in [0.1, 0.15) is 30.6 Å². The van der Waals surface area contributed by atoms with E-state index in [-0.39, 0.29) is 27.7 Å². The van der Waals surface area contributed by atoms with Crippen LogP contribution in [0.15, 0.2) is 30.3 Å². The third kappa shape index (κ3) is 5.04. The summed E-state index contributed by atoms with van der Waals surface area (Å²) in [5, 5.41) is 13.8. The number of hydrogen-bond acceptors (Lipinski definition) is 6. The van der Waals surface area contributed by atoms with Gasteiger partial charge in [-0.2, -0.15) is 0 Å². The van der Waals surface area contributed by atoms with E-state index in [1.54, 1.807) is 6.92 Å². The number of carbonyl (C=O) groups excluding carboxylic acids is 1. The fourth-order valence-electron chi connectivity index (χ4n) is 2.41. The van der Waals surface area contributed by atoms with Crippen LogP contribution in [0.3, 0.4) is 0 Å². The van der Waals surface area contributed by atoms with Crippen LogP contribution < -0.4 is 19.5 Å². The molecule has 0 radical (unpaired) electrons. The van der Waals surface area contributed by atoms with Crippen LogP contribution in [0.5, 0.6) is 17.2 Å². The van der Waals surface area contributed by atoms with Crippen molar-refractivity contribution >= 4 is 28.9 Å². The van der Waals surface area contributed by atoms with E-state index in [1.165, 1.54) is 37.4 Å². The molecule has 0 aliphatic carbocycles. The Morgan fingerprint density at radius 1 is 1.18 bits per heavy atom. The van der Waals surface area contributed by atoms with Crippen LogP contribution in [0.25, 0.3) is 0 Å². The van der Waals surface area contributed by atoms with Gasteiger partial charge in [-0.05, 0) is 31.5 Å². The molecule has 0 aromatic heterocycles. The van der Waals surface area contributed by atoms with E-state index in [0.29, 0.717) is 24.7 Å². The molecule has 2 aromatic carbocycles. The monoisotopic (exact) mass is 408 g/mol. The number of hydrogen-bond donors (Lipinski definition) is 1. The van der Waals surface area contributed by atoms with E-state index in [1.807, 2.05) is 6.92 Å². The first kappa shape index (κ1) is 21.3. The van der Waals surface area contributed by atoms with Gasteiger partial charge in [0.1, 0.15) is 5.75 Å². The number of nitro groups is 1. The van der Waals surface area contributed by atoms with Crippen molar-refractivity contribution in [2.75, 3.05) is 25.6 Å². The smallest absolute Gasteiger partial charge is 0.271 e. The first-order chi connectivity index (χ1) is 13.4. The second-order valence-electron chi connectivity index (χ2n) is 5.66. The largest absolute Gasteiger partial charge is 0.495 e. The first-order valence-corrected chi connectivity index (χ1v) is 9.01. The minimum Gasteiger partial charge on any atom is -0.495 e. The van der Waals surface area contributed by atoms with Crippen LogP contribution in [-0.4, -0.2) is 31.2 Å². The maximum absolute atomic E-state index is 12.7. The lowest BCUT2D eigenvalue weighted by atomic mass is 10.1. The number of nitrogens with zero attached hydrogens (tertiary/aromatic N) is 1. The molecule has 0 unspecified atom stereocenters. The van der Waals surface area contributed by atoms with E-state index in [2.05, 4.69) is 5.32 Å². The predicted molar refractivity (Wildman–Crippen MR) is 106 cm³/mol. The Labute approximate surface area is 167 Å². The Kier molecular flexibility index (Phi) is 7.45. The summed E-state index contributed by atoms with van der Waals surface area (Å²) >= 11 is 6.28. The van der Waals surface area contributed by atoms with Crippen molar-refractivity contribution in [3.8, 4) is 17.2 Å². The zero-order valence-electron chi connectivity index (χ0n) is 15.8. The number of anilines is 1. The number of nitro benzene ring substituents is 1. The fourth-order valence-corrected chi connectivity index (χ4v) is 2.67. The van der Waals surface area contributed by atoms with Crippen LogP contribution in [0.4, 0.5) is 11.4 Å². The quantitative estimate of drug-likeness (QED) is 0.477. The Hall–Kier alpha value is -3.00. The molecule has 0 saturated carbocycles. The first-order valence-electron chi connectivity index (χ1n) is 8.64. The number of ether oxygens (including phenoxy) is 3. The van der Waals surface area contributed by atoms with Gasteiger partial charge in [0.2, 0.25) is 0 Å². The van der Waals surface area contributed by atoms with E-state index in [9.17, 15) is 14.9 Å². The number of amides is 1. The Morgan fingerprint density at radius 2 is 1.93 bits per heavy atom. The molecule has 0 bridgehead atoms. The number of carbonyl (C=O) groups is 1. The second-order valence-corrected chi connectivity index (χ2v) is 6.07. The highest BCUT2D eigenvalue weighted by molar-refractivity contribution is 6.32. The molecule has 28 heavy (non-hydrogen) atoms. The van der Waals surface area contributed by atoms with E-state index < -0.39 is 10.8 Å². The molecule has 2 aromatic rings. The summed E-state index contributed by atoms with van der Waals surface area (Å²) in [6, 6.07) is 6.89. The van der Waals surface area contributed by atoms with Crippen molar-refractivity contribution in [3.05, 3.63) is 51.0 Å². The average molecular weight is 409 g/mol. The summed E-state index contributed by atoms with van der Waals surface area (Å²) in [7, 11) is 1.40. The van der Waals surface area contributed by atoms with Crippen molar-refractivity contribution < 1.29 is 23.9 Å². The number of benzene rings is 2. The van der Waals surface area contributed by atoms with Gasteiger partial charge in [0.05, 0.1) is 36.0 Å². The topological polar surface area (TPSA) is 99.9 Å². The van der Waals surface area contributed by atoms with E-state index in [4.69, 9.17) is 25.8 Å². The maximum Gasteiger partial charge on any atom is 0.271 e. The minimum absolute atomic E-state index is 0.169. The van der Waals surface area contributed by atoms with Gasteiger partial charge in [0, 0.05) is 17.7 Å². The molecule has 9 heteroatoms. The standard InChI is InChI=1S/C19H21ClN2O6/c1-4-8-28-18-14(20)9-12(10-17(18)27-5-2)19(23)21-15-11-13(22(24)25)6-7-16(15)26-3/h6-7,9-11H,4-5,8H2,1-3H3,(H,21,23). The highest BCUT2D eigenvalue weighted by Crippen LogP contribution is 2.37. The van der Waals surface area contributed by atoms with Crippen molar-refractivity contribution in [2.45, 2.75) is 20.3 Å². The lowest BCUT2D eigenvalue weighted by Crippen LogP contribution is -2.13. The SMILES string of the molecule is CCCOc1c(Cl)cc(C(=O)Nc2cc([N+](=O)[O-])ccc2OC)cc1OCC. The predicted octanol–water partition coefficient (Wildman–Crippen LogP) is 4.70. The normalized spacial score (nSPS) is 10.3. The molecule has 0 spiro atoms. The number of rotatable bonds is 9. The zero-order chi connectivity index (χ0) is 20.7. The molecule has 8 nitrogen and oxygen atoms in total. The van der Waals surface area contributed by atoms with Gasteiger partial charge in [-0.3, -0.25) is 14.9 Å². The zero-order valence-corrected chi connectivity index (χ0v) is 16.5. The third-order valence-corrected chi connectivity index (χ3v) is 3.94. The van der Waals surface area contributed by atoms with Gasteiger partial charge in [0.25, 0.3) is 11.6 Å². The van der Waals surface area contributed by atoms with Crippen molar-refractivity contribution in [1.29, 1.82) is 0 Å². The highest BCUT2D eigenvalue weighted by Gasteiger charge is 2.19. The van der Waals surface area contributed by atoms with Crippen molar-refractivity contribution in [1.82, 2.24) is 0 Å². The molecule has 0 saturated heterocycles. The molecule has 0 atom stereocenters. The molecular formula is C19H21ClN2O6. The summed E-state index contributed by atoms with van der Waals surface area (Å²) in [5.41, 5.74) is 0.209. The van der Waals surface area contributed by atoms with Crippen LogP contribution in [0.2, 0.25) is 5.02 Å². The van der Waals surface area contributed by atoms with Crippen molar-refractivity contribution in [2.24, 2.45) is 0 Å². The number of nitrogens with one attached hydrogen (secondary N) is 1. The molecule has 0 fully saturated rings. The summed E-state index contributed by atoms with van der Waals surface area (Å²) in [6.07, 6.45) is 0.788. The lowest BCUT2D eigenvalue weighted by Gasteiger charge is -2.15. The molecule has 0 heterocycles. The second kappa shape index (κ2) is 9.80. The Bertz CT molecular complexity index is 872. The minimum atomic E-state index is -0.557. The van der Waals surface area contributed by atoms with Crippen LogP contribution in [-0.2, 0) is 0 Å². The summed E-state index contributed by atoms with van der Waals surface area (Å²) in [4.78, 5) is 23.1. The lowest BCUT2D eigenvalue weighted by molar-refractivity contribution is -0.384. The fraction of sp³-hybridized carbons (Fsp3) is 0.316. The van der Waals surface area contributed by atoms with Crippen molar-refractivity contribution in [3.63, 3.8) is 0 Å². The molecule has 2 rings (SSSR count). The van der Waals surface area contributed by atoms with Gasteiger partial charge < -0.3 is 19.5 Å². The van der Waals surface area contributed by atoms with E-state index >= 15 is 0 Å². The van der Waals surface area contributed by atoms with Gasteiger partial charge in [-0.1, -0.05) is 18.5 Å². The maximum atomic E-state index is 12.7. The van der Waals surface area contributed by atoms with Crippen LogP contribution in [0, 0.1) is 10.1 Å². The van der Waals surface area contributed by atoms with Gasteiger partial charge >= 0.3 is 0 Å². The molecule has 0 aliphatic rings. The molecule has 0 aliphatic heterocycles. The summed E-state index contributed by atoms with van der Waals surface area (Å²) < 4.78 is 16.3. The highest BCUT2D eigenvalue weighted by atomic mass is 35.5. The molecule has 1 amide bonds. The summed E-state index contributed by atoms with van der Waals surface area (Å²) in [5.74, 6) is 0.483. The summed E-state index contributed by atoms with van der Waals surface area (Å²) in [6.45, 7) is 4.58. The molecule has 150 valence electrons. The van der Waals surface area contributed by atoms with Crippen LogP contribution >= 0.6 is 11.6 Å². The Morgan fingerprint density at radius 3 is 2.54 bits per heavy atom. The molecular weight excluding hydrogens is 388 g/mol. The average Bonchev–Trinajstić information content (AvgIpc) is 2.67. The number of methoxy groups -OCH3 is 1.